The molecule has 0 spiro atoms. The monoisotopic (exact) mass is 457 g/mol. The molecular formula is C21H14F3N5O2S. The molecule has 2 amide bonds. The Hall–Kier alpha value is -3.57. The van der Waals surface area contributed by atoms with E-state index in [4.69, 9.17) is 5.73 Å². The Labute approximate surface area is 184 Å². The van der Waals surface area contributed by atoms with Crippen LogP contribution in [0.15, 0.2) is 29.3 Å². The maximum atomic E-state index is 13.0. The quantitative estimate of drug-likeness (QED) is 0.694. The highest BCUT2D eigenvalue weighted by molar-refractivity contribution is 8.00. The van der Waals surface area contributed by atoms with Crippen LogP contribution in [0.4, 0.5) is 24.7 Å². The van der Waals surface area contributed by atoms with Crippen molar-refractivity contribution in [2.45, 2.75) is 41.6 Å². The van der Waals surface area contributed by atoms with Crippen LogP contribution in [0.2, 0.25) is 0 Å². The molecule has 1 saturated heterocycles. The first-order valence-electron chi connectivity index (χ1n) is 9.50. The summed E-state index contributed by atoms with van der Waals surface area (Å²) in [7, 11) is 0. The summed E-state index contributed by atoms with van der Waals surface area (Å²) in [6.07, 6.45) is -3.31. The molecule has 1 aromatic carbocycles. The average Bonchev–Trinajstić information content (AvgIpc) is 3.53. The summed E-state index contributed by atoms with van der Waals surface area (Å²) in [5.41, 5.74) is 5.52. The van der Waals surface area contributed by atoms with E-state index in [0.717, 1.165) is 42.8 Å². The van der Waals surface area contributed by atoms with Gasteiger partial charge in [-0.2, -0.15) is 23.7 Å². The smallest absolute Gasteiger partial charge is 0.383 e. The number of benzene rings is 1. The van der Waals surface area contributed by atoms with Gasteiger partial charge in [0.25, 0.3) is 0 Å². The average molecular weight is 457 g/mol. The molecule has 0 bridgehead atoms. The fraction of sp³-hybridized carbons (Fsp3) is 0.286. The van der Waals surface area contributed by atoms with Gasteiger partial charge in [-0.15, -0.1) is 0 Å². The van der Waals surface area contributed by atoms with Gasteiger partial charge in [-0.25, -0.2) is 9.88 Å². The summed E-state index contributed by atoms with van der Waals surface area (Å²) in [5, 5.41) is 18.2. The number of imide groups is 1. The number of nitrogens with zero attached hydrogens (tertiary/aromatic N) is 4. The number of alkyl halides is 3. The lowest BCUT2D eigenvalue weighted by atomic mass is 10.0. The summed E-state index contributed by atoms with van der Waals surface area (Å²) in [5.74, 6) is -1.43. The van der Waals surface area contributed by atoms with E-state index in [2.05, 4.69) is 4.98 Å². The molecule has 0 unspecified atom stereocenters. The van der Waals surface area contributed by atoms with E-state index >= 15 is 0 Å². The van der Waals surface area contributed by atoms with E-state index in [1.165, 1.54) is 6.07 Å². The Morgan fingerprint density at radius 3 is 2.44 bits per heavy atom. The zero-order chi connectivity index (χ0) is 23.2. The minimum Gasteiger partial charge on any atom is -0.383 e. The molecule has 1 atom stereocenters. The summed E-state index contributed by atoms with van der Waals surface area (Å²) in [4.78, 5) is 30.3. The number of thioether (sulfide) groups is 1. The van der Waals surface area contributed by atoms with Gasteiger partial charge in [-0.3, -0.25) is 9.59 Å². The maximum Gasteiger partial charge on any atom is 0.416 e. The predicted octanol–water partition coefficient (Wildman–Crippen LogP) is 3.73. The Morgan fingerprint density at radius 1 is 1.16 bits per heavy atom. The van der Waals surface area contributed by atoms with Crippen LogP contribution in [-0.4, -0.2) is 22.0 Å². The summed E-state index contributed by atoms with van der Waals surface area (Å²) in [6.45, 7) is 0. The number of nitrogen functional groups attached to an aromatic ring is 1. The van der Waals surface area contributed by atoms with Gasteiger partial charge in [0, 0.05) is 6.42 Å². The number of anilines is 2. The first kappa shape index (κ1) is 21.7. The standard InChI is InChI=1S/C21H14F3N5O2S/c22-21(23,24)11-2-1-3-12(6-11)29-16(30)7-15(20(29)31)32-19-14(9-26)17(10-4-5-10)13(8-25)18(27)28-19/h1-3,6,10,15H,4-5,7H2,(H2,27,28)/t15-/m0/s1. The van der Waals surface area contributed by atoms with Gasteiger partial charge < -0.3 is 5.73 Å². The molecule has 1 saturated carbocycles. The molecule has 1 aliphatic heterocycles. The normalized spacial score (nSPS) is 18.5. The number of rotatable bonds is 4. The fourth-order valence-electron chi connectivity index (χ4n) is 3.61. The second kappa shape index (κ2) is 7.84. The third kappa shape index (κ3) is 3.76. The Bertz CT molecular complexity index is 1230. The molecule has 1 aromatic heterocycles. The third-order valence-corrected chi connectivity index (χ3v) is 6.40. The van der Waals surface area contributed by atoms with Gasteiger partial charge in [0.05, 0.1) is 27.6 Å². The molecule has 4 rings (SSSR count). The molecule has 32 heavy (non-hydrogen) atoms. The van der Waals surface area contributed by atoms with E-state index < -0.39 is 28.8 Å². The van der Waals surface area contributed by atoms with Crippen LogP contribution in [0.1, 0.15) is 47.4 Å². The number of hydrogen-bond donors (Lipinski definition) is 1. The number of nitriles is 2. The molecule has 2 aliphatic rings. The lowest BCUT2D eigenvalue weighted by molar-refractivity contribution is -0.137. The number of nitrogens with two attached hydrogens (primary N) is 1. The highest BCUT2D eigenvalue weighted by Crippen LogP contribution is 2.47. The van der Waals surface area contributed by atoms with Crippen LogP contribution < -0.4 is 10.6 Å². The van der Waals surface area contributed by atoms with Gasteiger partial charge >= 0.3 is 6.18 Å². The van der Waals surface area contributed by atoms with Crippen molar-refractivity contribution in [2.24, 2.45) is 0 Å². The predicted molar refractivity (Wildman–Crippen MR) is 108 cm³/mol. The first-order chi connectivity index (χ1) is 15.2. The zero-order valence-corrected chi connectivity index (χ0v) is 17.1. The van der Waals surface area contributed by atoms with Crippen molar-refractivity contribution in [3.63, 3.8) is 0 Å². The number of halogens is 3. The fourth-order valence-corrected chi connectivity index (χ4v) is 4.74. The first-order valence-corrected chi connectivity index (χ1v) is 10.4. The number of pyridine rings is 1. The van der Waals surface area contributed by atoms with Gasteiger partial charge in [-0.1, -0.05) is 17.8 Å². The Morgan fingerprint density at radius 2 is 1.84 bits per heavy atom. The topological polar surface area (TPSA) is 124 Å². The zero-order valence-electron chi connectivity index (χ0n) is 16.3. The van der Waals surface area contributed by atoms with Crippen molar-refractivity contribution in [2.75, 3.05) is 10.6 Å². The van der Waals surface area contributed by atoms with E-state index in [0.29, 0.717) is 10.5 Å². The van der Waals surface area contributed by atoms with Crippen LogP contribution >= 0.6 is 11.8 Å². The van der Waals surface area contributed by atoms with Gasteiger partial charge in [0.2, 0.25) is 11.8 Å². The Balaban J connectivity index is 1.67. The van der Waals surface area contributed by atoms with Crippen molar-refractivity contribution >= 4 is 35.1 Å². The van der Waals surface area contributed by atoms with E-state index in [-0.39, 0.29) is 40.0 Å². The van der Waals surface area contributed by atoms with Gasteiger partial charge in [0.15, 0.2) is 0 Å². The van der Waals surface area contributed by atoms with Crippen LogP contribution in [-0.2, 0) is 15.8 Å². The number of aromatic nitrogens is 1. The second-order valence-electron chi connectivity index (χ2n) is 7.39. The molecular weight excluding hydrogens is 443 g/mol. The van der Waals surface area contributed by atoms with Gasteiger partial charge in [0.1, 0.15) is 23.0 Å². The summed E-state index contributed by atoms with van der Waals surface area (Å²) < 4.78 is 39.1. The maximum absolute atomic E-state index is 13.0. The second-order valence-corrected chi connectivity index (χ2v) is 8.58. The van der Waals surface area contributed by atoms with Crippen molar-refractivity contribution in [3.05, 3.63) is 46.5 Å². The van der Waals surface area contributed by atoms with Crippen LogP contribution in [0, 0.1) is 22.7 Å². The van der Waals surface area contributed by atoms with Crippen molar-refractivity contribution in [3.8, 4) is 12.1 Å². The molecule has 162 valence electrons. The molecule has 7 nitrogen and oxygen atoms in total. The highest BCUT2D eigenvalue weighted by atomic mass is 32.2. The number of carbonyl (C=O) groups excluding carboxylic acids is 2. The minimum atomic E-state index is -4.62. The van der Waals surface area contributed by atoms with E-state index in [1.807, 2.05) is 12.1 Å². The van der Waals surface area contributed by atoms with Crippen molar-refractivity contribution < 1.29 is 22.8 Å². The number of carbonyl (C=O) groups is 2. The molecule has 2 heterocycles. The van der Waals surface area contributed by atoms with E-state index in [9.17, 15) is 33.3 Å². The minimum absolute atomic E-state index is 0.00599. The molecule has 11 heteroatoms. The SMILES string of the molecule is N#Cc1c(N)nc(S[C@H]2CC(=O)N(c3cccc(C(F)(F)F)c3)C2=O)c(C#N)c1C1CC1. The van der Waals surface area contributed by atoms with Crippen LogP contribution in [0.5, 0.6) is 0 Å². The summed E-state index contributed by atoms with van der Waals surface area (Å²) in [6, 6.07) is 7.97. The van der Waals surface area contributed by atoms with Crippen LogP contribution in [0.25, 0.3) is 0 Å². The number of amides is 2. The van der Waals surface area contributed by atoms with Gasteiger partial charge in [-0.05, 0) is 42.5 Å². The van der Waals surface area contributed by atoms with Crippen LogP contribution in [0.3, 0.4) is 0 Å². The largest absolute Gasteiger partial charge is 0.416 e. The lowest BCUT2D eigenvalue weighted by Crippen LogP contribution is -2.31. The van der Waals surface area contributed by atoms with E-state index in [1.54, 1.807) is 0 Å². The lowest BCUT2D eigenvalue weighted by Gasteiger charge is -2.17. The molecule has 2 fully saturated rings. The summed E-state index contributed by atoms with van der Waals surface area (Å²) >= 11 is 0.858. The molecule has 0 radical (unpaired) electrons. The number of hydrogen-bond acceptors (Lipinski definition) is 7. The molecule has 2 N–H and O–H groups in total. The Kier molecular flexibility index (Phi) is 5.31. The third-order valence-electron chi connectivity index (χ3n) is 5.23. The molecule has 2 aromatic rings. The highest BCUT2D eigenvalue weighted by Gasteiger charge is 2.42. The van der Waals surface area contributed by atoms with Crippen molar-refractivity contribution in [1.29, 1.82) is 10.5 Å². The molecule has 1 aliphatic carbocycles. The van der Waals surface area contributed by atoms with Crippen molar-refractivity contribution in [1.82, 2.24) is 4.98 Å².